The highest BCUT2D eigenvalue weighted by atomic mass is 16.4. The molecule has 1 aromatic carbocycles. The summed E-state index contributed by atoms with van der Waals surface area (Å²) in [6.07, 6.45) is 2.21. The van der Waals surface area contributed by atoms with Crippen molar-refractivity contribution in [2.75, 3.05) is 0 Å². The summed E-state index contributed by atoms with van der Waals surface area (Å²) in [6.45, 7) is 3.92. The normalized spacial score (nSPS) is 16.3. The van der Waals surface area contributed by atoms with Crippen LogP contribution in [0.2, 0.25) is 0 Å². The summed E-state index contributed by atoms with van der Waals surface area (Å²) in [4.78, 5) is 23.3. The summed E-state index contributed by atoms with van der Waals surface area (Å²) in [5.41, 5.74) is 0.253. The van der Waals surface area contributed by atoms with Gasteiger partial charge in [-0.25, -0.2) is 9.59 Å². The van der Waals surface area contributed by atoms with Gasteiger partial charge in [-0.3, -0.25) is 0 Å². The molecule has 1 aliphatic carbocycles. The van der Waals surface area contributed by atoms with E-state index in [-0.39, 0.29) is 5.54 Å². The minimum Gasteiger partial charge on any atom is -0.479 e. The van der Waals surface area contributed by atoms with Gasteiger partial charge in [-0.05, 0) is 38.2 Å². The van der Waals surface area contributed by atoms with Gasteiger partial charge in [0.25, 0.3) is 0 Å². The number of carboxylic acids is 1. The Hall–Kier alpha value is -2.04. The molecular weight excluding hydrogens is 256 g/mol. The second-order valence-corrected chi connectivity index (χ2v) is 5.78. The van der Waals surface area contributed by atoms with Gasteiger partial charge >= 0.3 is 12.0 Å². The number of rotatable bonds is 5. The molecular formula is C15H20N2O3. The number of carbonyl (C=O) groups excluding carboxylic acids is 1. The van der Waals surface area contributed by atoms with Gasteiger partial charge in [-0.1, -0.05) is 30.3 Å². The molecule has 0 saturated heterocycles. The minimum absolute atomic E-state index is 0.302. The van der Waals surface area contributed by atoms with E-state index in [0.717, 1.165) is 12.8 Å². The second kappa shape index (κ2) is 5.53. The molecule has 3 N–H and O–H groups in total. The van der Waals surface area contributed by atoms with Crippen LogP contribution in [0.1, 0.15) is 38.3 Å². The third-order valence-corrected chi connectivity index (χ3v) is 3.69. The Bertz CT molecular complexity index is 495. The molecule has 0 aromatic heterocycles. The van der Waals surface area contributed by atoms with E-state index in [9.17, 15) is 14.7 Å². The van der Waals surface area contributed by atoms with E-state index in [0.29, 0.717) is 11.5 Å². The van der Waals surface area contributed by atoms with Crippen molar-refractivity contribution < 1.29 is 14.7 Å². The molecule has 0 aliphatic heterocycles. The number of amides is 2. The maximum absolute atomic E-state index is 12.0. The molecule has 1 aromatic rings. The molecule has 1 unspecified atom stereocenters. The predicted molar refractivity (Wildman–Crippen MR) is 75.3 cm³/mol. The minimum atomic E-state index is -1.07. The summed E-state index contributed by atoms with van der Waals surface area (Å²) in [5, 5.41) is 14.6. The zero-order valence-electron chi connectivity index (χ0n) is 11.7. The summed E-state index contributed by atoms with van der Waals surface area (Å²) in [5.74, 6) is -0.594. The lowest BCUT2D eigenvalue weighted by atomic mass is 9.99. The van der Waals surface area contributed by atoms with Crippen molar-refractivity contribution in [1.29, 1.82) is 0 Å². The topological polar surface area (TPSA) is 78.4 Å². The van der Waals surface area contributed by atoms with Crippen molar-refractivity contribution >= 4 is 12.0 Å². The van der Waals surface area contributed by atoms with Crippen molar-refractivity contribution in [2.24, 2.45) is 5.92 Å². The lowest BCUT2D eigenvalue weighted by molar-refractivity contribution is -0.139. The lowest BCUT2D eigenvalue weighted by Crippen LogP contribution is -2.51. The third-order valence-electron chi connectivity index (χ3n) is 3.69. The molecule has 5 heteroatoms. The van der Waals surface area contributed by atoms with Crippen LogP contribution < -0.4 is 10.6 Å². The van der Waals surface area contributed by atoms with Gasteiger partial charge in [0.05, 0.1) is 0 Å². The van der Waals surface area contributed by atoms with Crippen molar-refractivity contribution in [3.63, 3.8) is 0 Å². The molecule has 0 bridgehead atoms. The molecule has 0 spiro atoms. The van der Waals surface area contributed by atoms with E-state index in [2.05, 4.69) is 10.6 Å². The van der Waals surface area contributed by atoms with E-state index in [4.69, 9.17) is 0 Å². The first-order valence-electron chi connectivity index (χ1n) is 6.76. The average Bonchev–Trinajstić information content (AvgIpc) is 3.20. The van der Waals surface area contributed by atoms with Crippen LogP contribution in [-0.4, -0.2) is 22.6 Å². The third kappa shape index (κ3) is 3.50. The number of carboxylic acid groups (broad SMARTS) is 1. The molecule has 0 radical (unpaired) electrons. The molecule has 0 heterocycles. The van der Waals surface area contributed by atoms with Crippen LogP contribution in [0.15, 0.2) is 30.3 Å². The standard InChI is InChI=1S/C15H20N2O3/c1-15(2,11-8-9-11)17-14(20)16-12(13(18)19)10-6-4-3-5-7-10/h3-7,11-12H,8-9H2,1-2H3,(H,18,19)(H2,16,17,20). The zero-order chi connectivity index (χ0) is 14.8. The average molecular weight is 276 g/mol. The van der Waals surface area contributed by atoms with Crippen molar-refractivity contribution in [1.82, 2.24) is 10.6 Å². The number of urea groups is 1. The second-order valence-electron chi connectivity index (χ2n) is 5.78. The van der Waals surface area contributed by atoms with Crippen molar-refractivity contribution in [3.05, 3.63) is 35.9 Å². The van der Waals surface area contributed by atoms with E-state index in [1.807, 2.05) is 13.8 Å². The fraction of sp³-hybridized carbons (Fsp3) is 0.467. The highest BCUT2D eigenvalue weighted by molar-refractivity contribution is 5.84. The first kappa shape index (κ1) is 14.4. The summed E-state index contributed by atoms with van der Waals surface area (Å²) in [6, 6.07) is 7.19. The Morgan fingerprint density at radius 3 is 2.35 bits per heavy atom. The van der Waals surface area contributed by atoms with Crippen molar-refractivity contribution in [3.8, 4) is 0 Å². The highest BCUT2D eigenvalue weighted by Gasteiger charge is 2.39. The molecule has 20 heavy (non-hydrogen) atoms. The van der Waals surface area contributed by atoms with Crippen LogP contribution >= 0.6 is 0 Å². The van der Waals surface area contributed by atoms with Crippen LogP contribution in [0.25, 0.3) is 0 Å². The highest BCUT2D eigenvalue weighted by Crippen LogP contribution is 2.39. The number of benzene rings is 1. The van der Waals surface area contributed by atoms with Crippen LogP contribution in [-0.2, 0) is 4.79 Å². The number of nitrogens with one attached hydrogen (secondary N) is 2. The quantitative estimate of drug-likeness (QED) is 0.772. The summed E-state index contributed by atoms with van der Waals surface area (Å²) in [7, 11) is 0. The lowest BCUT2D eigenvalue weighted by Gasteiger charge is -2.27. The molecule has 2 rings (SSSR count). The Morgan fingerprint density at radius 1 is 1.25 bits per heavy atom. The van der Waals surface area contributed by atoms with Gasteiger partial charge < -0.3 is 15.7 Å². The van der Waals surface area contributed by atoms with Crippen LogP contribution in [0, 0.1) is 5.92 Å². The van der Waals surface area contributed by atoms with Crippen LogP contribution in [0.4, 0.5) is 4.79 Å². The van der Waals surface area contributed by atoms with Gasteiger partial charge in [-0.15, -0.1) is 0 Å². The maximum atomic E-state index is 12.0. The molecule has 1 saturated carbocycles. The Labute approximate surface area is 118 Å². The number of hydrogen-bond donors (Lipinski definition) is 3. The predicted octanol–water partition coefficient (Wildman–Crippen LogP) is 2.30. The van der Waals surface area contributed by atoms with E-state index in [1.54, 1.807) is 30.3 Å². The van der Waals surface area contributed by atoms with Gasteiger partial charge in [0.2, 0.25) is 0 Å². The van der Waals surface area contributed by atoms with E-state index >= 15 is 0 Å². The Kier molecular flexibility index (Phi) is 3.97. The van der Waals surface area contributed by atoms with Gasteiger partial charge in [-0.2, -0.15) is 0 Å². The zero-order valence-corrected chi connectivity index (χ0v) is 11.7. The fourth-order valence-electron chi connectivity index (χ4n) is 2.30. The fourth-order valence-corrected chi connectivity index (χ4v) is 2.30. The molecule has 1 fully saturated rings. The first-order valence-corrected chi connectivity index (χ1v) is 6.76. The monoisotopic (exact) mass is 276 g/mol. The Balaban J connectivity index is 2.01. The Morgan fingerprint density at radius 2 is 1.85 bits per heavy atom. The molecule has 2 amide bonds. The number of aliphatic carboxylic acids is 1. The summed E-state index contributed by atoms with van der Waals surface area (Å²) >= 11 is 0. The molecule has 1 atom stereocenters. The maximum Gasteiger partial charge on any atom is 0.330 e. The smallest absolute Gasteiger partial charge is 0.330 e. The molecule has 1 aliphatic rings. The number of carbonyl (C=O) groups is 2. The molecule has 108 valence electrons. The van der Waals surface area contributed by atoms with Crippen molar-refractivity contribution in [2.45, 2.75) is 38.3 Å². The van der Waals surface area contributed by atoms with Crippen LogP contribution in [0.3, 0.4) is 0 Å². The van der Waals surface area contributed by atoms with Crippen LogP contribution in [0.5, 0.6) is 0 Å². The first-order chi connectivity index (χ1) is 9.40. The largest absolute Gasteiger partial charge is 0.479 e. The van der Waals surface area contributed by atoms with Gasteiger partial charge in [0.1, 0.15) is 0 Å². The van der Waals surface area contributed by atoms with E-state index < -0.39 is 18.0 Å². The van der Waals surface area contributed by atoms with Gasteiger partial charge in [0.15, 0.2) is 6.04 Å². The summed E-state index contributed by atoms with van der Waals surface area (Å²) < 4.78 is 0. The molecule has 5 nitrogen and oxygen atoms in total. The SMILES string of the molecule is CC(C)(NC(=O)NC(C(=O)O)c1ccccc1)C1CC1. The van der Waals surface area contributed by atoms with E-state index in [1.165, 1.54) is 0 Å². The van der Waals surface area contributed by atoms with Gasteiger partial charge in [0, 0.05) is 5.54 Å². The number of hydrogen-bond acceptors (Lipinski definition) is 2.